The molecule has 32 heavy (non-hydrogen) atoms. The largest absolute Gasteiger partial charge is 0.276 e. The Hall–Kier alpha value is -3.99. The number of carbonyl (C=O) groups excluding carboxylic acids is 1. The van der Waals surface area contributed by atoms with Crippen molar-refractivity contribution in [1.82, 2.24) is 0 Å². The molecule has 0 saturated heterocycles. The van der Waals surface area contributed by atoms with Gasteiger partial charge in [-0.3, -0.25) is 19.8 Å². The highest BCUT2D eigenvalue weighted by Crippen LogP contribution is 2.36. The number of aryl methyl sites for hydroxylation is 1. The molecule has 4 rings (SSSR count). The third-order valence-electron chi connectivity index (χ3n) is 5.57. The zero-order valence-electron chi connectivity index (χ0n) is 18.3. The van der Waals surface area contributed by atoms with Crippen molar-refractivity contribution in [3.8, 4) is 0 Å². The van der Waals surface area contributed by atoms with Gasteiger partial charge in [-0.15, -0.1) is 0 Å². The van der Waals surface area contributed by atoms with Crippen LogP contribution in [-0.4, -0.2) is 10.8 Å². The summed E-state index contributed by atoms with van der Waals surface area (Å²) in [4.78, 5) is 25.7. The average Bonchev–Trinajstić information content (AvgIpc) is 3.10. The van der Waals surface area contributed by atoms with Crippen LogP contribution in [0.5, 0.6) is 0 Å². The van der Waals surface area contributed by atoms with Crippen LogP contribution in [0.3, 0.4) is 0 Å². The van der Waals surface area contributed by atoms with Crippen LogP contribution < -0.4 is 4.90 Å². The standard InChI is InChI=1S/C27H24N2O3/c1-18(2)21-10-14-24(15-11-21)28-26(22-8-4-19(3)5-9-22)17-23(27(28)30)16-20-6-12-25(13-7-20)29(31)32/h4-18H,1-3H3/b23-16+. The molecular weight excluding hydrogens is 400 g/mol. The Bertz CT molecular complexity index is 1220. The van der Waals surface area contributed by atoms with Crippen LogP contribution in [0.25, 0.3) is 11.8 Å². The van der Waals surface area contributed by atoms with Crippen LogP contribution in [0.4, 0.5) is 11.4 Å². The van der Waals surface area contributed by atoms with Gasteiger partial charge in [0.1, 0.15) is 0 Å². The smallest absolute Gasteiger partial charge is 0.269 e. The summed E-state index contributed by atoms with van der Waals surface area (Å²) >= 11 is 0. The van der Waals surface area contributed by atoms with E-state index in [1.807, 2.05) is 49.4 Å². The van der Waals surface area contributed by atoms with E-state index in [0.29, 0.717) is 11.5 Å². The summed E-state index contributed by atoms with van der Waals surface area (Å²) in [6.07, 6.45) is 3.65. The van der Waals surface area contributed by atoms with E-state index in [0.717, 1.165) is 28.1 Å². The molecule has 0 aromatic heterocycles. The van der Waals surface area contributed by atoms with E-state index in [9.17, 15) is 14.9 Å². The lowest BCUT2D eigenvalue weighted by molar-refractivity contribution is -0.384. The van der Waals surface area contributed by atoms with Crippen LogP contribution in [0.1, 0.15) is 42.0 Å². The van der Waals surface area contributed by atoms with Gasteiger partial charge in [0.05, 0.1) is 10.6 Å². The molecule has 1 heterocycles. The van der Waals surface area contributed by atoms with Gasteiger partial charge in [0.2, 0.25) is 0 Å². The second-order valence-electron chi connectivity index (χ2n) is 8.23. The van der Waals surface area contributed by atoms with Crippen molar-refractivity contribution in [3.05, 3.63) is 117 Å². The van der Waals surface area contributed by atoms with Gasteiger partial charge in [-0.2, -0.15) is 0 Å². The molecule has 1 amide bonds. The Morgan fingerprint density at radius 3 is 2.09 bits per heavy atom. The van der Waals surface area contributed by atoms with E-state index in [2.05, 4.69) is 26.0 Å². The molecular formula is C27H24N2O3. The van der Waals surface area contributed by atoms with Crippen LogP contribution >= 0.6 is 0 Å². The van der Waals surface area contributed by atoms with E-state index in [-0.39, 0.29) is 11.6 Å². The summed E-state index contributed by atoms with van der Waals surface area (Å²) in [6, 6.07) is 22.3. The first kappa shape index (κ1) is 21.2. The van der Waals surface area contributed by atoms with Crippen molar-refractivity contribution in [1.29, 1.82) is 0 Å². The summed E-state index contributed by atoms with van der Waals surface area (Å²) in [7, 11) is 0. The van der Waals surface area contributed by atoms with Crippen LogP contribution in [0.15, 0.2) is 84.4 Å². The lowest BCUT2D eigenvalue weighted by Crippen LogP contribution is -2.25. The topological polar surface area (TPSA) is 63.5 Å². The van der Waals surface area contributed by atoms with E-state index < -0.39 is 4.92 Å². The highest BCUT2D eigenvalue weighted by molar-refractivity contribution is 6.23. The maximum atomic E-state index is 13.5. The van der Waals surface area contributed by atoms with Crippen molar-refractivity contribution >= 4 is 29.1 Å². The number of benzene rings is 3. The molecule has 160 valence electrons. The number of carbonyl (C=O) groups is 1. The van der Waals surface area contributed by atoms with Gasteiger partial charge in [0, 0.05) is 23.4 Å². The Kier molecular flexibility index (Phi) is 5.73. The van der Waals surface area contributed by atoms with Gasteiger partial charge in [0.15, 0.2) is 0 Å². The number of nitro benzene ring substituents is 1. The van der Waals surface area contributed by atoms with Gasteiger partial charge in [-0.25, -0.2) is 0 Å². The summed E-state index contributed by atoms with van der Waals surface area (Å²) in [5, 5.41) is 10.9. The Labute approximate surface area is 187 Å². The number of rotatable bonds is 5. The molecule has 3 aromatic rings. The number of nitro groups is 1. The predicted molar refractivity (Wildman–Crippen MR) is 128 cm³/mol. The first-order chi connectivity index (χ1) is 15.3. The van der Waals surface area contributed by atoms with Crippen LogP contribution in [-0.2, 0) is 4.79 Å². The molecule has 0 aliphatic carbocycles. The molecule has 5 heteroatoms. The average molecular weight is 425 g/mol. The molecule has 1 aliphatic rings. The Morgan fingerprint density at radius 2 is 1.53 bits per heavy atom. The number of hydrogen-bond acceptors (Lipinski definition) is 3. The third-order valence-corrected chi connectivity index (χ3v) is 5.57. The fraction of sp³-hybridized carbons (Fsp3) is 0.148. The Balaban J connectivity index is 1.76. The van der Waals surface area contributed by atoms with Crippen LogP contribution in [0.2, 0.25) is 0 Å². The molecule has 5 nitrogen and oxygen atoms in total. The number of anilines is 1. The zero-order valence-corrected chi connectivity index (χ0v) is 18.3. The predicted octanol–water partition coefficient (Wildman–Crippen LogP) is 6.50. The highest BCUT2D eigenvalue weighted by Gasteiger charge is 2.30. The Morgan fingerprint density at radius 1 is 0.906 bits per heavy atom. The molecule has 0 saturated carbocycles. The van der Waals surface area contributed by atoms with Crippen molar-refractivity contribution in [2.45, 2.75) is 26.7 Å². The maximum absolute atomic E-state index is 13.5. The SMILES string of the molecule is Cc1ccc(C2=C/C(=C\c3ccc([N+](=O)[O-])cc3)C(=O)N2c2ccc(C(C)C)cc2)cc1. The molecule has 0 unspecified atom stereocenters. The van der Waals surface area contributed by atoms with Crippen molar-refractivity contribution in [2.75, 3.05) is 4.90 Å². The second-order valence-corrected chi connectivity index (χ2v) is 8.23. The van der Waals surface area contributed by atoms with Gasteiger partial charge >= 0.3 is 0 Å². The number of nitrogens with zero attached hydrogens (tertiary/aromatic N) is 2. The van der Waals surface area contributed by atoms with Crippen LogP contribution in [0, 0.1) is 17.0 Å². The molecule has 3 aromatic carbocycles. The summed E-state index contributed by atoms with van der Waals surface area (Å²) in [5.41, 5.74) is 6.20. The highest BCUT2D eigenvalue weighted by atomic mass is 16.6. The summed E-state index contributed by atoms with van der Waals surface area (Å²) in [6.45, 7) is 6.30. The number of amides is 1. The maximum Gasteiger partial charge on any atom is 0.269 e. The molecule has 0 radical (unpaired) electrons. The van der Waals surface area contributed by atoms with E-state index in [1.165, 1.54) is 17.7 Å². The van der Waals surface area contributed by atoms with Crippen molar-refractivity contribution < 1.29 is 9.72 Å². The summed E-state index contributed by atoms with van der Waals surface area (Å²) in [5.74, 6) is 0.277. The minimum Gasteiger partial charge on any atom is -0.276 e. The van der Waals surface area contributed by atoms with Crippen molar-refractivity contribution in [3.63, 3.8) is 0 Å². The first-order valence-corrected chi connectivity index (χ1v) is 10.5. The molecule has 0 atom stereocenters. The van der Waals surface area contributed by atoms with E-state index in [1.54, 1.807) is 23.1 Å². The molecule has 0 spiro atoms. The number of non-ortho nitro benzene ring substituents is 1. The van der Waals surface area contributed by atoms with Crippen molar-refractivity contribution in [2.24, 2.45) is 0 Å². The molecule has 0 fully saturated rings. The zero-order chi connectivity index (χ0) is 22.8. The lowest BCUT2D eigenvalue weighted by atomic mass is 10.0. The fourth-order valence-corrected chi connectivity index (χ4v) is 3.69. The lowest BCUT2D eigenvalue weighted by Gasteiger charge is -2.21. The first-order valence-electron chi connectivity index (χ1n) is 10.5. The molecule has 0 N–H and O–H groups in total. The fourth-order valence-electron chi connectivity index (χ4n) is 3.69. The normalized spacial score (nSPS) is 14.9. The monoisotopic (exact) mass is 424 g/mol. The summed E-state index contributed by atoms with van der Waals surface area (Å²) < 4.78 is 0. The minimum atomic E-state index is -0.435. The second kappa shape index (κ2) is 8.63. The van der Waals surface area contributed by atoms with Gasteiger partial charge in [-0.1, -0.05) is 55.8 Å². The van der Waals surface area contributed by atoms with Gasteiger partial charge < -0.3 is 0 Å². The van der Waals surface area contributed by atoms with Gasteiger partial charge in [-0.05, 0) is 65.9 Å². The van der Waals surface area contributed by atoms with E-state index in [4.69, 9.17) is 0 Å². The third kappa shape index (κ3) is 4.23. The minimum absolute atomic E-state index is 0.0210. The quantitative estimate of drug-likeness (QED) is 0.267. The van der Waals surface area contributed by atoms with E-state index >= 15 is 0 Å². The number of hydrogen-bond donors (Lipinski definition) is 0. The van der Waals surface area contributed by atoms with Gasteiger partial charge in [0.25, 0.3) is 11.6 Å². The molecule has 0 bridgehead atoms. The molecule has 1 aliphatic heterocycles.